The molecule has 0 radical (unpaired) electrons. The first kappa shape index (κ1) is 28.6. The molecule has 29 heavy (non-hydrogen) atoms. The first-order valence-corrected chi connectivity index (χ1v) is 12.9. The Bertz CT molecular complexity index is 464. The number of hydrogen-bond donors (Lipinski definition) is 2. The molecule has 0 aromatic heterocycles. The number of amides is 1. The van der Waals surface area contributed by atoms with Crippen LogP contribution < -0.4 is 10.6 Å². The van der Waals surface area contributed by atoms with Gasteiger partial charge in [0, 0.05) is 27.5 Å². The van der Waals surface area contributed by atoms with Gasteiger partial charge in [0.05, 0.1) is 39.6 Å². The predicted molar refractivity (Wildman–Crippen MR) is 129 cm³/mol. The lowest BCUT2D eigenvalue weighted by Gasteiger charge is -2.20. The molecule has 8 heteroatoms. The molecule has 0 heterocycles. The van der Waals surface area contributed by atoms with Crippen LogP contribution in [0.3, 0.4) is 0 Å². The first-order valence-electron chi connectivity index (χ1n) is 10.5. The van der Waals surface area contributed by atoms with Crippen LogP contribution in [0.25, 0.3) is 0 Å². The molecular formula is C21H44N2O4S2. The van der Waals surface area contributed by atoms with Gasteiger partial charge in [-0.25, -0.2) is 0 Å². The van der Waals surface area contributed by atoms with Gasteiger partial charge in [0.25, 0.3) is 0 Å². The maximum Gasteiger partial charge on any atom is 0.223 e. The SMILES string of the molecule is CCNCCSSC(OCCOCCOCCC(=O)NCC#CC(C)C)C(C)C.[HH].[HH]. The molecule has 0 aliphatic carbocycles. The zero-order valence-corrected chi connectivity index (χ0v) is 20.4. The van der Waals surface area contributed by atoms with Crippen LogP contribution in [0.1, 0.15) is 43.9 Å². The molecule has 0 saturated carbocycles. The summed E-state index contributed by atoms with van der Waals surface area (Å²) >= 11 is 0. The van der Waals surface area contributed by atoms with Crippen molar-refractivity contribution in [2.45, 2.75) is 46.5 Å². The highest BCUT2D eigenvalue weighted by Gasteiger charge is 2.14. The van der Waals surface area contributed by atoms with E-state index < -0.39 is 0 Å². The fourth-order valence-electron chi connectivity index (χ4n) is 1.93. The zero-order chi connectivity index (χ0) is 21.7. The van der Waals surface area contributed by atoms with Crippen molar-refractivity contribution in [3.8, 4) is 11.8 Å². The van der Waals surface area contributed by atoms with Gasteiger partial charge in [-0.2, -0.15) is 0 Å². The Kier molecular flexibility index (Phi) is 20.5. The van der Waals surface area contributed by atoms with Crippen molar-refractivity contribution in [1.82, 2.24) is 10.6 Å². The lowest BCUT2D eigenvalue weighted by Crippen LogP contribution is -2.25. The van der Waals surface area contributed by atoms with Gasteiger partial charge < -0.3 is 24.8 Å². The second kappa shape index (κ2) is 20.8. The van der Waals surface area contributed by atoms with Crippen molar-refractivity contribution >= 4 is 27.5 Å². The highest BCUT2D eigenvalue weighted by atomic mass is 33.1. The van der Waals surface area contributed by atoms with Crippen molar-refractivity contribution < 1.29 is 21.9 Å². The summed E-state index contributed by atoms with van der Waals surface area (Å²) in [5, 5.41) is 6.07. The van der Waals surface area contributed by atoms with Crippen LogP contribution in [-0.4, -0.2) is 69.8 Å². The van der Waals surface area contributed by atoms with Crippen molar-refractivity contribution in [3.63, 3.8) is 0 Å². The van der Waals surface area contributed by atoms with E-state index in [2.05, 4.69) is 43.2 Å². The summed E-state index contributed by atoms with van der Waals surface area (Å²) in [5.41, 5.74) is 0.171. The van der Waals surface area contributed by atoms with Gasteiger partial charge in [-0.3, -0.25) is 4.79 Å². The normalized spacial score (nSPS) is 12.1. The van der Waals surface area contributed by atoms with Crippen LogP contribution in [0, 0.1) is 23.7 Å². The highest BCUT2D eigenvalue weighted by Crippen LogP contribution is 2.31. The van der Waals surface area contributed by atoms with Gasteiger partial charge in [-0.05, 0) is 12.5 Å². The molecule has 0 aromatic rings. The summed E-state index contributed by atoms with van der Waals surface area (Å²) in [6.45, 7) is 15.4. The monoisotopic (exact) mass is 452 g/mol. The molecule has 0 aliphatic heterocycles. The first-order chi connectivity index (χ1) is 14.0. The molecule has 1 unspecified atom stereocenters. The number of ether oxygens (including phenoxy) is 3. The van der Waals surface area contributed by atoms with E-state index in [9.17, 15) is 4.79 Å². The van der Waals surface area contributed by atoms with Crippen molar-refractivity contribution in [2.75, 3.05) is 58.4 Å². The second-order valence-corrected chi connectivity index (χ2v) is 9.57. The maximum atomic E-state index is 11.6. The molecule has 0 bridgehead atoms. The van der Waals surface area contributed by atoms with Crippen LogP contribution in [0.15, 0.2) is 0 Å². The van der Waals surface area contributed by atoms with Gasteiger partial charge >= 0.3 is 0 Å². The summed E-state index contributed by atoms with van der Waals surface area (Å²) in [4.78, 5) is 11.6. The Morgan fingerprint density at radius 1 is 1.07 bits per heavy atom. The minimum atomic E-state index is -0.0436. The van der Waals surface area contributed by atoms with E-state index in [4.69, 9.17) is 14.2 Å². The minimum Gasteiger partial charge on any atom is -0.379 e. The number of carbonyl (C=O) groups excluding carboxylic acids is 1. The average Bonchev–Trinajstić information content (AvgIpc) is 2.67. The highest BCUT2D eigenvalue weighted by molar-refractivity contribution is 8.76. The Morgan fingerprint density at radius 3 is 2.41 bits per heavy atom. The molecule has 1 atom stereocenters. The van der Waals surface area contributed by atoms with E-state index in [1.54, 1.807) is 10.8 Å². The zero-order valence-electron chi connectivity index (χ0n) is 18.8. The Hall–Kier alpha value is -0.430. The standard InChI is InChI=1S/C21H40N2O4S2.2H2/c1-6-22-11-17-28-29-21(19(4)5)27-16-15-26-14-13-25-12-9-20(24)23-10-7-8-18(2)3;;/h18-19,21-22H,6,9-17H2,1-5H3,(H,23,24);2*1H. The van der Waals surface area contributed by atoms with Gasteiger partial charge in [0.15, 0.2) is 0 Å². The van der Waals surface area contributed by atoms with Crippen molar-refractivity contribution in [2.24, 2.45) is 11.8 Å². The molecular weight excluding hydrogens is 408 g/mol. The lowest BCUT2D eigenvalue weighted by atomic mass is 10.2. The second-order valence-electron chi connectivity index (χ2n) is 6.98. The largest absolute Gasteiger partial charge is 0.379 e. The van der Waals surface area contributed by atoms with Crippen LogP contribution in [0.4, 0.5) is 0 Å². The molecule has 0 saturated heterocycles. The van der Waals surface area contributed by atoms with E-state index in [0.717, 1.165) is 18.8 Å². The number of rotatable bonds is 18. The van der Waals surface area contributed by atoms with Gasteiger partial charge in [0.2, 0.25) is 5.91 Å². The summed E-state index contributed by atoms with van der Waals surface area (Å²) < 4.78 is 16.9. The third-order valence-corrected chi connectivity index (χ3v) is 6.29. The molecule has 6 nitrogen and oxygen atoms in total. The van der Waals surface area contributed by atoms with Crippen LogP contribution in [0.2, 0.25) is 0 Å². The topological polar surface area (TPSA) is 68.8 Å². The molecule has 0 rings (SSSR count). The fourth-order valence-corrected chi connectivity index (χ4v) is 4.54. The van der Waals surface area contributed by atoms with Gasteiger partial charge in [0.1, 0.15) is 5.44 Å². The molecule has 0 spiro atoms. The van der Waals surface area contributed by atoms with E-state index in [0.29, 0.717) is 57.8 Å². The molecule has 174 valence electrons. The number of nitrogens with one attached hydrogen (secondary N) is 2. The number of hydrogen-bond acceptors (Lipinski definition) is 7. The third kappa shape index (κ3) is 20.6. The Morgan fingerprint density at radius 2 is 1.76 bits per heavy atom. The van der Waals surface area contributed by atoms with Gasteiger partial charge in [-0.1, -0.05) is 68.0 Å². The molecule has 0 aliphatic rings. The van der Waals surface area contributed by atoms with Crippen LogP contribution >= 0.6 is 21.6 Å². The Labute approximate surface area is 188 Å². The van der Waals surface area contributed by atoms with Crippen LogP contribution in [-0.2, 0) is 19.0 Å². The van der Waals surface area contributed by atoms with Crippen LogP contribution in [0.5, 0.6) is 0 Å². The predicted octanol–water partition coefficient (Wildman–Crippen LogP) is 3.67. The summed E-state index contributed by atoms with van der Waals surface area (Å²) in [5.74, 6) is 7.73. The fraction of sp³-hybridized carbons (Fsp3) is 0.857. The van der Waals surface area contributed by atoms with E-state index in [1.165, 1.54) is 0 Å². The van der Waals surface area contributed by atoms with E-state index >= 15 is 0 Å². The van der Waals surface area contributed by atoms with Crippen molar-refractivity contribution in [1.29, 1.82) is 0 Å². The summed E-state index contributed by atoms with van der Waals surface area (Å²) in [7, 11) is 3.64. The molecule has 1 amide bonds. The number of carbonyl (C=O) groups is 1. The smallest absolute Gasteiger partial charge is 0.223 e. The Balaban J connectivity index is -0.00000392. The lowest BCUT2D eigenvalue weighted by molar-refractivity contribution is -0.122. The van der Waals surface area contributed by atoms with Crippen molar-refractivity contribution in [3.05, 3.63) is 0 Å². The summed E-state index contributed by atoms with van der Waals surface area (Å²) in [6.07, 6.45) is 0.338. The minimum absolute atomic E-state index is 0. The molecule has 0 aromatic carbocycles. The summed E-state index contributed by atoms with van der Waals surface area (Å²) in [6, 6.07) is 0. The quantitative estimate of drug-likeness (QED) is 0.142. The maximum absolute atomic E-state index is 11.6. The van der Waals surface area contributed by atoms with E-state index in [-0.39, 0.29) is 14.2 Å². The molecule has 0 fully saturated rings. The van der Waals surface area contributed by atoms with E-state index in [1.807, 2.05) is 24.6 Å². The third-order valence-electron chi connectivity index (χ3n) is 3.44. The average molecular weight is 453 g/mol. The van der Waals surface area contributed by atoms with Gasteiger partial charge in [-0.15, -0.1) is 0 Å². The molecule has 2 N–H and O–H groups in total.